The molecule has 4 nitrogen and oxygen atoms in total. The lowest BCUT2D eigenvalue weighted by molar-refractivity contribution is -0.154. The van der Waals surface area contributed by atoms with Crippen LogP contribution in [0, 0.1) is 5.92 Å². The first kappa shape index (κ1) is 12.1. The monoisotopic (exact) mass is 244 g/mol. The Morgan fingerprint density at radius 1 is 0.944 bits per heavy atom. The zero-order valence-corrected chi connectivity index (χ0v) is 9.54. The summed E-state index contributed by atoms with van der Waals surface area (Å²) in [6, 6.07) is 13.0. The first-order chi connectivity index (χ1) is 8.59. The molecular formula is C14H12O4. The topological polar surface area (TPSA) is 74.6 Å². The van der Waals surface area contributed by atoms with Crippen LogP contribution in [-0.4, -0.2) is 22.2 Å². The Balaban J connectivity index is 2.42. The smallest absolute Gasteiger partial charge is 0.318 e. The predicted molar refractivity (Wildman–Crippen MR) is 66.4 cm³/mol. The molecule has 0 heterocycles. The van der Waals surface area contributed by atoms with Gasteiger partial charge in [-0.2, -0.15) is 0 Å². The zero-order valence-electron chi connectivity index (χ0n) is 9.54. The lowest BCUT2D eigenvalue weighted by atomic mass is 9.95. The van der Waals surface area contributed by atoms with E-state index in [1.807, 2.05) is 30.3 Å². The van der Waals surface area contributed by atoms with Gasteiger partial charge in [-0.15, -0.1) is 0 Å². The van der Waals surface area contributed by atoms with Crippen molar-refractivity contribution in [3.8, 4) is 0 Å². The maximum atomic E-state index is 10.9. The van der Waals surface area contributed by atoms with Crippen LogP contribution in [0.25, 0.3) is 10.8 Å². The first-order valence-corrected chi connectivity index (χ1v) is 5.52. The van der Waals surface area contributed by atoms with Crippen LogP contribution in [-0.2, 0) is 16.0 Å². The van der Waals surface area contributed by atoms with Crippen molar-refractivity contribution in [2.75, 3.05) is 0 Å². The van der Waals surface area contributed by atoms with Crippen molar-refractivity contribution in [2.45, 2.75) is 6.42 Å². The molecule has 2 aromatic carbocycles. The molecule has 18 heavy (non-hydrogen) atoms. The van der Waals surface area contributed by atoms with Crippen LogP contribution < -0.4 is 0 Å². The number of aliphatic carboxylic acids is 2. The summed E-state index contributed by atoms with van der Waals surface area (Å²) >= 11 is 0. The molecule has 0 saturated heterocycles. The van der Waals surface area contributed by atoms with Crippen molar-refractivity contribution in [1.82, 2.24) is 0 Å². The number of benzene rings is 2. The quantitative estimate of drug-likeness (QED) is 0.808. The fraction of sp³-hybridized carbons (Fsp3) is 0.143. The number of hydrogen-bond acceptors (Lipinski definition) is 2. The highest BCUT2D eigenvalue weighted by atomic mass is 16.4. The Labute approximate surface area is 103 Å². The van der Waals surface area contributed by atoms with Crippen LogP contribution >= 0.6 is 0 Å². The van der Waals surface area contributed by atoms with Crippen molar-refractivity contribution >= 4 is 22.7 Å². The van der Waals surface area contributed by atoms with Crippen LogP contribution in [0.5, 0.6) is 0 Å². The Bertz CT molecular complexity index is 584. The van der Waals surface area contributed by atoms with E-state index in [4.69, 9.17) is 10.2 Å². The summed E-state index contributed by atoms with van der Waals surface area (Å²) in [5, 5.41) is 19.7. The third-order valence-electron chi connectivity index (χ3n) is 2.90. The summed E-state index contributed by atoms with van der Waals surface area (Å²) in [5.74, 6) is -4.03. The van der Waals surface area contributed by atoms with Crippen molar-refractivity contribution in [3.05, 3.63) is 48.0 Å². The van der Waals surface area contributed by atoms with Gasteiger partial charge in [-0.25, -0.2) is 0 Å². The lowest BCUT2D eigenvalue weighted by Crippen LogP contribution is -2.25. The van der Waals surface area contributed by atoms with Gasteiger partial charge < -0.3 is 10.2 Å². The van der Waals surface area contributed by atoms with Gasteiger partial charge in [-0.05, 0) is 22.8 Å². The van der Waals surface area contributed by atoms with Crippen molar-refractivity contribution in [1.29, 1.82) is 0 Å². The summed E-state index contributed by atoms with van der Waals surface area (Å²) in [5.41, 5.74) is 0.739. The summed E-state index contributed by atoms with van der Waals surface area (Å²) in [6.07, 6.45) is -0.00792. The van der Waals surface area contributed by atoms with Crippen LogP contribution in [0.1, 0.15) is 5.56 Å². The van der Waals surface area contributed by atoms with E-state index in [1.165, 1.54) is 0 Å². The SMILES string of the molecule is O=C(O)C(Cc1cccc2ccccc12)C(=O)O. The molecule has 92 valence electrons. The second-order valence-corrected chi connectivity index (χ2v) is 4.07. The minimum Gasteiger partial charge on any atom is -0.481 e. The van der Waals surface area contributed by atoms with Crippen LogP contribution in [0.4, 0.5) is 0 Å². The molecule has 0 radical (unpaired) electrons. The molecule has 4 heteroatoms. The summed E-state index contributed by atoms with van der Waals surface area (Å²) in [4.78, 5) is 21.8. The molecule has 0 bridgehead atoms. The van der Waals surface area contributed by atoms with E-state index in [9.17, 15) is 9.59 Å². The van der Waals surface area contributed by atoms with Gasteiger partial charge in [0.2, 0.25) is 0 Å². The lowest BCUT2D eigenvalue weighted by Gasteiger charge is -2.10. The summed E-state index contributed by atoms with van der Waals surface area (Å²) in [7, 11) is 0. The van der Waals surface area contributed by atoms with Gasteiger partial charge in [-0.1, -0.05) is 42.5 Å². The van der Waals surface area contributed by atoms with E-state index in [2.05, 4.69) is 0 Å². The highest BCUT2D eigenvalue weighted by Crippen LogP contribution is 2.21. The van der Waals surface area contributed by atoms with Gasteiger partial charge in [0, 0.05) is 0 Å². The minimum atomic E-state index is -1.41. The molecule has 2 N–H and O–H groups in total. The van der Waals surface area contributed by atoms with Gasteiger partial charge in [0.05, 0.1) is 0 Å². The normalized spacial score (nSPS) is 10.7. The molecule has 2 aromatic rings. The molecular weight excluding hydrogens is 232 g/mol. The van der Waals surface area contributed by atoms with E-state index in [0.29, 0.717) is 0 Å². The number of carbonyl (C=O) groups is 2. The average Bonchev–Trinajstić information content (AvgIpc) is 2.35. The Morgan fingerprint density at radius 2 is 1.56 bits per heavy atom. The Morgan fingerprint density at radius 3 is 2.22 bits per heavy atom. The molecule has 0 unspecified atom stereocenters. The van der Waals surface area contributed by atoms with Crippen molar-refractivity contribution in [2.24, 2.45) is 5.92 Å². The third kappa shape index (κ3) is 2.32. The number of rotatable bonds is 4. The molecule has 0 amide bonds. The van der Waals surface area contributed by atoms with Crippen LogP contribution in [0.15, 0.2) is 42.5 Å². The largest absolute Gasteiger partial charge is 0.481 e. The molecule has 0 fully saturated rings. The summed E-state index contributed by atoms with van der Waals surface area (Å²) in [6.45, 7) is 0. The van der Waals surface area contributed by atoms with Gasteiger partial charge in [-0.3, -0.25) is 9.59 Å². The zero-order chi connectivity index (χ0) is 13.1. The fourth-order valence-electron chi connectivity index (χ4n) is 1.97. The number of hydrogen-bond donors (Lipinski definition) is 2. The van der Waals surface area contributed by atoms with Crippen molar-refractivity contribution < 1.29 is 19.8 Å². The standard InChI is InChI=1S/C14H12O4/c15-13(16)12(14(17)18)8-10-6-3-5-9-4-1-2-7-11(9)10/h1-7,12H,8H2,(H,15,16)(H,17,18). The Hall–Kier alpha value is -2.36. The van der Waals surface area contributed by atoms with E-state index < -0.39 is 17.9 Å². The van der Waals surface area contributed by atoms with Gasteiger partial charge in [0.1, 0.15) is 0 Å². The molecule has 2 rings (SSSR count). The average molecular weight is 244 g/mol. The minimum absolute atomic E-state index is 0.00792. The molecule has 0 aliphatic rings. The maximum absolute atomic E-state index is 10.9. The molecule has 0 spiro atoms. The highest BCUT2D eigenvalue weighted by Gasteiger charge is 2.26. The molecule has 0 atom stereocenters. The first-order valence-electron chi connectivity index (χ1n) is 5.52. The predicted octanol–water partition coefficient (Wildman–Crippen LogP) is 2.17. The molecule has 0 aliphatic heterocycles. The van der Waals surface area contributed by atoms with E-state index in [1.54, 1.807) is 12.1 Å². The number of carboxylic acids is 2. The fourth-order valence-corrected chi connectivity index (χ4v) is 1.97. The summed E-state index contributed by atoms with van der Waals surface area (Å²) < 4.78 is 0. The van der Waals surface area contributed by atoms with E-state index in [-0.39, 0.29) is 6.42 Å². The van der Waals surface area contributed by atoms with Gasteiger partial charge in [0.15, 0.2) is 5.92 Å². The van der Waals surface area contributed by atoms with Gasteiger partial charge >= 0.3 is 11.9 Å². The van der Waals surface area contributed by atoms with E-state index in [0.717, 1.165) is 16.3 Å². The Kier molecular flexibility index (Phi) is 3.28. The number of fused-ring (bicyclic) bond motifs is 1. The second kappa shape index (κ2) is 4.87. The third-order valence-corrected chi connectivity index (χ3v) is 2.90. The molecule has 0 aromatic heterocycles. The van der Waals surface area contributed by atoms with Gasteiger partial charge in [0.25, 0.3) is 0 Å². The van der Waals surface area contributed by atoms with Crippen LogP contribution in [0.2, 0.25) is 0 Å². The molecule has 0 aliphatic carbocycles. The van der Waals surface area contributed by atoms with Crippen LogP contribution in [0.3, 0.4) is 0 Å². The second-order valence-electron chi connectivity index (χ2n) is 4.07. The number of carboxylic acid groups (broad SMARTS) is 2. The molecule has 0 saturated carbocycles. The van der Waals surface area contributed by atoms with Crippen molar-refractivity contribution in [3.63, 3.8) is 0 Å². The highest BCUT2D eigenvalue weighted by molar-refractivity contribution is 5.94. The maximum Gasteiger partial charge on any atom is 0.318 e. The van der Waals surface area contributed by atoms with E-state index >= 15 is 0 Å².